The predicted octanol–water partition coefficient (Wildman–Crippen LogP) is 3.08. The van der Waals surface area contributed by atoms with Crippen LogP contribution < -0.4 is 10.4 Å². The van der Waals surface area contributed by atoms with Crippen LogP contribution in [0.15, 0.2) is 60.7 Å². The van der Waals surface area contributed by atoms with E-state index in [0.29, 0.717) is 0 Å². The second-order valence-corrected chi connectivity index (χ2v) is 13.5. The summed E-state index contributed by atoms with van der Waals surface area (Å²) in [6.07, 6.45) is 3.46. The van der Waals surface area contributed by atoms with Gasteiger partial charge < -0.3 is 19.0 Å². The normalized spacial score (nSPS) is 22.4. The van der Waals surface area contributed by atoms with Crippen molar-refractivity contribution in [2.45, 2.75) is 63.8 Å². The highest BCUT2D eigenvalue weighted by molar-refractivity contribution is 6.99. The largest absolute Gasteiger partial charge is 0.405 e. The Morgan fingerprint density at radius 2 is 1.53 bits per heavy atom. The van der Waals surface area contributed by atoms with E-state index in [9.17, 15) is 5.11 Å². The smallest absolute Gasteiger partial charge is 0.261 e. The fourth-order valence-electron chi connectivity index (χ4n) is 4.27. The van der Waals surface area contributed by atoms with Crippen molar-refractivity contribution in [1.29, 1.82) is 0 Å². The molecule has 0 spiro atoms. The zero-order valence-electron chi connectivity index (χ0n) is 18.5. The first kappa shape index (κ1) is 22.7. The molecule has 0 bridgehead atoms. The molecular weight excluding hydrogens is 392 g/mol. The van der Waals surface area contributed by atoms with Gasteiger partial charge in [0.2, 0.25) is 0 Å². The molecule has 0 aromatic heterocycles. The molecule has 0 radical (unpaired) electrons. The van der Waals surface area contributed by atoms with E-state index in [-0.39, 0.29) is 11.6 Å². The van der Waals surface area contributed by atoms with Crippen LogP contribution in [0.25, 0.3) is 0 Å². The first-order chi connectivity index (χ1) is 14.1. The Kier molecular flexibility index (Phi) is 6.56. The van der Waals surface area contributed by atoms with Gasteiger partial charge in [-0.25, -0.2) is 0 Å². The quantitative estimate of drug-likeness (QED) is 0.572. The SMILES string of the molecule is C#C[C@H]1OC(C)(C)O[C@@H]1[C@H](O)CO[Si](c1ccccc1)(c1ccccc1)C(C)(C)C. The molecule has 2 aromatic rings. The molecule has 1 aliphatic heterocycles. The molecule has 1 saturated heterocycles. The molecule has 0 aliphatic carbocycles. The molecule has 30 heavy (non-hydrogen) atoms. The van der Waals surface area contributed by atoms with Crippen LogP contribution in [-0.4, -0.2) is 44.1 Å². The molecule has 2 aromatic carbocycles. The van der Waals surface area contributed by atoms with E-state index in [0.717, 1.165) is 10.4 Å². The summed E-state index contributed by atoms with van der Waals surface area (Å²) in [6, 6.07) is 20.7. The molecule has 5 heteroatoms. The number of benzene rings is 2. The highest BCUT2D eigenvalue weighted by Gasteiger charge is 2.51. The zero-order valence-corrected chi connectivity index (χ0v) is 19.5. The maximum absolute atomic E-state index is 11.0. The standard InChI is InChI=1S/C25H32O4Si/c1-7-22-23(29-25(5,6)28-22)21(26)18-27-30(24(2,3)4,19-14-10-8-11-15-19)20-16-12-9-13-17-20/h1,8-17,21-23,26H,18H2,2-6H3/t21-,22-,23-/m1/s1. The number of terminal acetylenes is 1. The lowest BCUT2D eigenvalue weighted by molar-refractivity contribution is -0.155. The summed E-state index contributed by atoms with van der Waals surface area (Å²) in [5, 5.41) is 13.1. The number of aliphatic hydroxyl groups is 1. The van der Waals surface area contributed by atoms with Crippen LogP contribution in [0.3, 0.4) is 0 Å². The third-order valence-corrected chi connectivity index (χ3v) is 10.6. The molecule has 0 amide bonds. The van der Waals surface area contributed by atoms with Crippen LogP contribution in [0.1, 0.15) is 34.6 Å². The molecule has 1 N–H and O–H groups in total. The second-order valence-electron chi connectivity index (χ2n) is 9.23. The van der Waals surface area contributed by atoms with Crippen LogP contribution in [0.5, 0.6) is 0 Å². The Morgan fingerprint density at radius 1 is 1.03 bits per heavy atom. The van der Waals surface area contributed by atoms with Gasteiger partial charge in [-0.05, 0) is 29.3 Å². The van der Waals surface area contributed by atoms with E-state index < -0.39 is 32.4 Å². The van der Waals surface area contributed by atoms with E-state index in [1.807, 2.05) is 36.4 Å². The third-order valence-electron chi connectivity index (χ3n) is 5.56. The molecule has 0 saturated carbocycles. The van der Waals surface area contributed by atoms with E-state index >= 15 is 0 Å². The van der Waals surface area contributed by atoms with Crippen molar-refractivity contribution in [1.82, 2.24) is 0 Å². The Hall–Kier alpha value is -1.94. The molecule has 1 aliphatic rings. The molecule has 3 atom stereocenters. The van der Waals surface area contributed by atoms with Gasteiger partial charge in [0.25, 0.3) is 8.32 Å². The third kappa shape index (κ3) is 4.39. The Bertz CT molecular complexity index is 828. The van der Waals surface area contributed by atoms with Gasteiger partial charge in [-0.3, -0.25) is 0 Å². The summed E-state index contributed by atoms with van der Waals surface area (Å²) < 4.78 is 18.4. The average molecular weight is 425 g/mol. The van der Waals surface area contributed by atoms with Crippen LogP contribution in [-0.2, 0) is 13.9 Å². The lowest BCUT2D eigenvalue weighted by Gasteiger charge is -2.43. The highest BCUT2D eigenvalue weighted by Crippen LogP contribution is 2.37. The highest BCUT2D eigenvalue weighted by atomic mass is 28.4. The van der Waals surface area contributed by atoms with Gasteiger partial charge in [-0.2, -0.15) is 0 Å². The van der Waals surface area contributed by atoms with Gasteiger partial charge in [0.15, 0.2) is 5.79 Å². The number of hydrogen-bond acceptors (Lipinski definition) is 4. The monoisotopic (exact) mass is 424 g/mol. The predicted molar refractivity (Wildman–Crippen MR) is 122 cm³/mol. The summed E-state index contributed by atoms with van der Waals surface area (Å²) in [5.41, 5.74) is 0. The lowest BCUT2D eigenvalue weighted by atomic mass is 10.1. The number of rotatable bonds is 6. The van der Waals surface area contributed by atoms with E-state index in [1.54, 1.807) is 13.8 Å². The molecular formula is C25H32O4Si. The van der Waals surface area contributed by atoms with Gasteiger partial charge in [-0.1, -0.05) is 87.4 Å². The number of aliphatic hydroxyl groups excluding tert-OH is 1. The van der Waals surface area contributed by atoms with Crippen LogP contribution in [0.4, 0.5) is 0 Å². The minimum absolute atomic E-state index is 0.107. The summed E-state index contributed by atoms with van der Waals surface area (Å²) in [6.45, 7) is 10.3. The van der Waals surface area contributed by atoms with E-state index in [2.05, 4.69) is 51.0 Å². The summed E-state index contributed by atoms with van der Waals surface area (Å²) in [5.74, 6) is 1.76. The Morgan fingerprint density at radius 3 is 1.97 bits per heavy atom. The first-order valence-electron chi connectivity index (χ1n) is 10.4. The zero-order chi connectivity index (χ0) is 22.0. The van der Waals surface area contributed by atoms with Crippen LogP contribution in [0.2, 0.25) is 5.04 Å². The van der Waals surface area contributed by atoms with Gasteiger partial charge in [0.1, 0.15) is 18.3 Å². The Balaban J connectivity index is 1.97. The van der Waals surface area contributed by atoms with E-state index in [4.69, 9.17) is 20.3 Å². The summed E-state index contributed by atoms with van der Waals surface area (Å²) >= 11 is 0. The molecule has 0 unspecified atom stereocenters. The van der Waals surface area contributed by atoms with Crippen molar-refractivity contribution >= 4 is 18.7 Å². The van der Waals surface area contributed by atoms with Gasteiger partial charge in [-0.15, -0.1) is 6.42 Å². The van der Waals surface area contributed by atoms with Crippen molar-refractivity contribution in [3.8, 4) is 12.3 Å². The van der Waals surface area contributed by atoms with Crippen LogP contribution >= 0.6 is 0 Å². The molecule has 3 rings (SSSR count). The average Bonchev–Trinajstić information content (AvgIpc) is 3.04. The van der Waals surface area contributed by atoms with Crippen molar-refractivity contribution in [2.24, 2.45) is 0 Å². The molecule has 1 fully saturated rings. The summed E-state index contributed by atoms with van der Waals surface area (Å²) in [7, 11) is -2.74. The maximum atomic E-state index is 11.0. The van der Waals surface area contributed by atoms with Crippen molar-refractivity contribution in [2.75, 3.05) is 6.61 Å². The fraction of sp³-hybridized carbons (Fsp3) is 0.440. The molecule has 1 heterocycles. The Labute approximate surface area is 181 Å². The van der Waals surface area contributed by atoms with Crippen molar-refractivity contribution < 1.29 is 19.0 Å². The topological polar surface area (TPSA) is 47.9 Å². The van der Waals surface area contributed by atoms with Crippen molar-refractivity contribution in [3.05, 3.63) is 60.7 Å². The van der Waals surface area contributed by atoms with Gasteiger partial charge in [0, 0.05) is 0 Å². The number of hydrogen-bond donors (Lipinski definition) is 1. The maximum Gasteiger partial charge on any atom is 0.261 e. The fourth-order valence-corrected chi connectivity index (χ4v) is 8.84. The van der Waals surface area contributed by atoms with Gasteiger partial charge >= 0.3 is 0 Å². The van der Waals surface area contributed by atoms with E-state index in [1.165, 1.54) is 0 Å². The second kappa shape index (κ2) is 8.66. The molecule has 160 valence electrons. The first-order valence-corrected chi connectivity index (χ1v) is 12.3. The van der Waals surface area contributed by atoms with Crippen LogP contribution in [0, 0.1) is 12.3 Å². The van der Waals surface area contributed by atoms with Gasteiger partial charge in [0.05, 0.1) is 6.61 Å². The van der Waals surface area contributed by atoms with Crippen molar-refractivity contribution in [3.63, 3.8) is 0 Å². The minimum atomic E-state index is -2.74. The molecule has 4 nitrogen and oxygen atoms in total. The number of ether oxygens (including phenoxy) is 2. The lowest BCUT2D eigenvalue weighted by Crippen LogP contribution is -2.67. The summed E-state index contributed by atoms with van der Waals surface area (Å²) in [4.78, 5) is 0. The minimum Gasteiger partial charge on any atom is -0.405 e.